The number of amides is 4. The Morgan fingerprint density at radius 3 is 2.42 bits per heavy atom. The molecule has 4 amide bonds. The summed E-state index contributed by atoms with van der Waals surface area (Å²) in [7, 11) is 1.47. The van der Waals surface area contributed by atoms with Gasteiger partial charge in [-0.3, -0.25) is 9.59 Å². The second-order valence-corrected chi connectivity index (χ2v) is 8.56. The number of aromatic carboxylic acids is 1. The molecular weight excluding hydrogens is 518 g/mol. The summed E-state index contributed by atoms with van der Waals surface area (Å²) in [5, 5.41) is 14.2. The number of nitrogens with zero attached hydrogens (tertiary/aromatic N) is 1. The monoisotopic (exact) mass is 545 g/mol. The zero-order valence-electron chi connectivity index (χ0n) is 21.8. The Labute approximate surface area is 230 Å². The van der Waals surface area contributed by atoms with Crippen LogP contribution in [0.1, 0.15) is 28.4 Å². The number of nitrogens with one attached hydrogen (secondary N) is 2. The van der Waals surface area contributed by atoms with Gasteiger partial charge in [0.2, 0.25) is 5.91 Å². The van der Waals surface area contributed by atoms with Crippen molar-refractivity contribution in [2.45, 2.75) is 13.5 Å². The minimum absolute atomic E-state index is 0.00438. The number of anilines is 1. The SMILES string of the molecule is CCOc1cc(/C=C2/NC(=O)N(CC(=O)Nc3ccccc3OC)C2=O)ccc1OCc1ccc(C(=O)O)cc1. The molecule has 4 rings (SSSR count). The number of rotatable bonds is 11. The zero-order chi connectivity index (χ0) is 28.6. The molecule has 1 aliphatic rings. The molecule has 206 valence electrons. The molecule has 0 spiro atoms. The molecule has 1 heterocycles. The summed E-state index contributed by atoms with van der Waals surface area (Å²) >= 11 is 0. The normalized spacial score (nSPS) is 13.7. The molecule has 3 aromatic rings. The van der Waals surface area contributed by atoms with Crippen LogP contribution >= 0.6 is 0 Å². The summed E-state index contributed by atoms with van der Waals surface area (Å²) in [5.74, 6) is -0.906. The molecule has 0 atom stereocenters. The number of ether oxygens (including phenoxy) is 3. The van der Waals surface area contributed by atoms with Gasteiger partial charge >= 0.3 is 12.0 Å². The van der Waals surface area contributed by atoms with E-state index in [2.05, 4.69) is 10.6 Å². The van der Waals surface area contributed by atoms with Gasteiger partial charge in [0, 0.05) is 0 Å². The topological polar surface area (TPSA) is 144 Å². The third kappa shape index (κ3) is 6.57. The van der Waals surface area contributed by atoms with E-state index in [1.807, 2.05) is 6.92 Å². The molecular formula is C29H27N3O8. The average molecular weight is 546 g/mol. The lowest BCUT2D eigenvalue weighted by Gasteiger charge is -2.14. The van der Waals surface area contributed by atoms with E-state index in [9.17, 15) is 19.2 Å². The third-order valence-corrected chi connectivity index (χ3v) is 5.82. The van der Waals surface area contributed by atoms with E-state index in [1.54, 1.807) is 54.6 Å². The maximum Gasteiger partial charge on any atom is 0.335 e. The Bertz CT molecular complexity index is 1470. The van der Waals surface area contributed by atoms with Crippen molar-refractivity contribution >= 4 is 35.6 Å². The first-order chi connectivity index (χ1) is 19.3. The number of carboxylic acid groups (broad SMARTS) is 1. The van der Waals surface area contributed by atoms with Gasteiger partial charge < -0.3 is 30.0 Å². The van der Waals surface area contributed by atoms with Crippen molar-refractivity contribution < 1.29 is 38.5 Å². The number of carbonyl (C=O) groups is 4. The maximum atomic E-state index is 12.9. The van der Waals surface area contributed by atoms with Gasteiger partial charge in [0.25, 0.3) is 5.91 Å². The number of urea groups is 1. The number of carbonyl (C=O) groups excluding carboxylic acids is 3. The number of hydrogen-bond acceptors (Lipinski definition) is 7. The fourth-order valence-electron chi connectivity index (χ4n) is 3.87. The summed E-state index contributed by atoms with van der Waals surface area (Å²) in [4.78, 5) is 49.8. The van der Waals surface area contributed by atoms with Crippen molar-refractivity contribution in [2.75, 3.05) is 25.6 Å². The van der Waals surface area contributed by atoms with Crippen molar-refractivity contribution in [3.05, 3.63) is 89.1 Å². The van der Waals surface area contributed by atoms with Crippen LogP contribution in [0.5, 0.6) is 17.2 Å². The summed E-state index contributed by atoms with van der Waals surface area (Å²) in [5.41, 5.74) is 1.93. The van der Waals surface area contributed by atoms with Crippen molar-refractivity contribution in [3.8, 4) is 17.2 Å². The minimum Gasteiger partial charge on any atom is -0.495 e. The van der Waals surface area contributed by atoms with Crippen LogP contribution < -0.4 is 24.8 Å². The van der Waals surface area contributed by atoms with Gasteiger partial charge in [0.1, 0.15) is 24.6 Å². The van der Waals surface area contributed by atoms with Crippen LogP contribution in [0.15, 0.2) is 72.4 Å². The van der Waals surface area contributed by atoms with E-state index < -0.39 is 30.4 Å². The highest BCUT2D eigenvalue weighted by Gasteiger charge is 2.35. The number of para-hydroxylation sites is 2. The second kappa shape index (κ2) is 12.5. The Morgan fingerprint density at radius 1 is 0.975 bits per heavy atom. The predicted octanol–water partition coefficient (Wildman–Crippen LogP) is 3.90. The molecule has 0 unspecified atom stereocenters. The lowest BCUT2D eigenvalue weighted by molar-refractivity contribution is -0.127. The zero-order valence-corrected chi connectivity index (χ0v) is 21.8. The fourth-order valence-corrected chi connectivity index (χ4v) is 3.87. The fraction of sp³-hybridized carbons (Fsp3) is 0.172. The van der Waals surface area contributed by atoms with Crippen LogP contribution in [0.25, 0.3) is 6.08 Å². The summed E-state index contributed by atoms with van der Waals surface area (Å²) in [6.45, 7) is 1.87. The Hall–Kier alpha value is -5.32. The third-order valence-electron chi connectivity index (χ3n) is 5.82. The number of benzene rings is 3. The van der Waals surface area contributed by atoms with Crippen LogP contribution in [0, 0.1) is 0 Å². The molecule has 0 aliphatic carbocycles. The predicted molar refractivity (Wildman–Crippen MR) is 145 cm³/mol. The largest absolute Gasteiger partial charge is 0.495 e. The van der Waals surface area contributed by atoms with Crippen LogP contribution in [-0.2, 0) is 16.2 Å². The van der Waals surface area contributed by atoms with E-state index in [4.69, 9.17) is 19.3 Å². The molecule has 11 heteroatoms. The second-order valence-electron chi connectivity index (χ2n) is 8.56. The van der Waals surface area contributed by atoms with Crippen molar-refractivity contribution in [3.63, 3.8) is 0 Å². The Morgan fingerprint density at radius 2 is 1.73 bits per heavy atom. The standard InChI is InChI=1S/C29H27N3O8/c1-3-39-25-15-19(10-13-24(25)40-17-18-8-11-20(12-9-18)28(35)36)14-22-27(34)32(29(37)31-22)16-26(33)30-21-6-4-5-7-23(21)38-2/h4-15H,3,16-17H2,1-2H3,(H,30,33)(H,31,37)(H,35,36)/b22-14+. The molecule has 1 aliphatic heterocycles. The van der Waals surface area contributed by atoms with E-state index >= 15 is 0 Å². The number of hydrogen-bond donors (Lipinski definition) is 3. The van der Waals surface area contributed by atoms with Crippen LogP contribution in [0.4, 0.5) is 10.5 Å². The van der Waals surface area contributed by atoms with Crippen LogP contribution in [-0.4, -0.2) is 54.1 Å². The number of imide groups is 1. The molecule has 11 nitrogen and oxygen atoms in total. The maximum absolute atomic E-state index is 12.9. The molecule has 1 fully saturated rings. The molecule has 3 N–H and O–H groups in total. The number of carboxylic acids is 1. The average Bonchev–Trinajstić information content (AvgIpc) is 3.20. The molecule has 0 saturated carbocycles. The summed E-state index contributed by atoms with van der Waals surface area (Å²) < 4.78 is 16.8. The quantitative estimate of drug-likeness (QED) is 0.243. The lowest BCUT2D eigenvalue weighted by Crippen LogP contribution is -2.38. The van der Waals surface area contributed by atoms with Crippen molar-refractivity contribution in [1.29, 1.82) is 0 Å². The molecule has 3 aromatic carbocycles. The van der Waals surface area contributed by atoms with E-state index in [0.717, 1.165) is 10.5 Å². The molecule has 1 saturated heterocycles. The van der Waals surface area contributed by atoms with Gasteiger partial charge in [-0.15, -0.1) is 0 Å². The van der Waals surface area contributed by atoms with Gasteiger partial charge in [-0.1, -0.05) is 30.3 Å². The summed E-state index contributed by atoms with van der Waals surface area (Å²) in [6, 6.07) is 17.4. The van der Waals surface area contributed by atoms with Crippen molar-refractivity contribution in [2.24, 2.45) is 0 Å². The van der Waals surface area contributed by atoms with Gasteiger partial charge in [-0.05, 0) is 60.5 Å². The van der Waals surface area contributed by atoms with E-state index in [0.29, 0.717) is 35.1 Å². The lowest BCUT2D eigenvalue weighted by atomic mass is 10.1. The van der Waals surface area contributed by atoms with Crippen molar-refractivity contribution in [1.82, 2.24) is 10.2 Å². The Balaban J connectivity index is 1.44. The first kappa shape index (κ1) is 27.7. The van der Waals surface area contributed by atoms with Gasteiger partial charge in [0.05, 0.1) is 25.0 Å². The Kier molecular flexibility index (Phi) is 8.65. The molecule has 40 heavy (non-hydrogen) atoms. The van der Waals surface area contributed by atoms with Crippen LogP contribution in [0.3, 0.4) is 0 Å². The van der Waals surface area contributed by atoms with Gasteiger partial charge in [-0.25, -0.2) is 14.5 Å². The first-order valence-electron chi connectivity index (χ1n) is 12.3. The van der Waals surface area contributed by atoms with Gasteiger partial charge in [0.15, 0.2) is 11.5 Å². The smallest absolute Gasteiger partial charge is 0.335 e. The molecule has 0 radical (unpaired) electrons. The van der Waals surface area contributed by atoms with E-state index in [1.165, 1.54) is 25.3 Å². The highest BCUT2D eigenvalue weighted by molar-refractivity contribution is 6.16. The van der Waals surface area contributed by atoms with Gasteiger partial charge in [-0.2, -0.15) is 0 Å². The number of methoxy groups -OCH3 is 1. The highest BCUT2D eigenvalue weighted by atomic mass is 16.5. The van der Waals surface area contributed by atoms with Crippen LogP contribution in [0.2, 0.25) is 0 Å². The molecule has 0 aromatic heterocycles. The van der Waals surface area contributed by atoms with E-state index in [-0.39, 0.29) is 17.9 Å². The molecule has 0 bridgehead atoms. The highest BCUT2D eigenvalue weighted by Crippen LogP contribution is 2.30. The minimum atomic E-state index is -1.01. The first-order valence-corrected chi connectivity index (χ1v) is 12.3. The summed E-state index contributed by atoms with van der Waals surface area (Å²) in [6.07, 6.45) is 1.48.